The molecular formula is C30H30N8O4S. The third kappa shape index (κ3) is 5.89. The van der Waals surface area contributed by atoms with Crippen LogP contribution < -0.4 is 5.32 Å². The molecule has 13 heteroatoms. The average molecular weight is 599 g/mol. The number of hydrogen-bond acceptors (Lipinski definition) is 9. The number of aryl methyl sites for hydroxylation is 2. The van der Waals surface area contributed by atoms with E-state index in [9.17, 15) is 14.7 Å². The molecule has 0 saturated carbocycles. The lowest BCUT2D eigenvalue weighted by Crippen LogP contribution is -2.44. The topological polar surface area (TPSA) is 152 Å². The zero-order chi connectivity index (χ0) is 30.1. The van der Waals surface area contributed by atoms with E-state index in [2.05, 4.69) is 25.6 Å². The lowest BCUT2D eigenvalue weighted by molar-refractivity contribution is 0.0735. The number of hydrogen-bond donors (Lipinski definition) is 2. The van der Waals surface area contributed by atoms with Crippen LogP contribution in [0.3, 0.4) is 0 Å². The summed E-state index contributed by atoms with van der Waals surface area (Å²) in [6.45, 7) is 4.25. The Hall–Kier alpha value is -4.91. The van der Waals surface area contributed by atoms with Crippen LogP contribution in [0.2, 0.25) is 0 Å². The minimum Gasteiger partial charge on any atom is -0.465 e. The Kier molecular flexibility index (Phi) is 7.48. The second-order valence-electron chi connectivity index (χ2n) is 10.8. The second-order valence-corrected chi connectivity index (χ2v) is 11.7. The number of amides is 2. The summed E-state index contributed by atoms with van der Waals surface area (Å²) in [6, 6.07) is 12.7. The monoisotopic (exact) mass is 598 g/mol. The lowest BCUT2D eigenvalue weighted by atomic mass is 9.93. The van der Waals surface area contributed by atoms with Crippen LogP contribution in [0.5, 0.6) is 0 Å². The molecule has 1 saturated heterocycles. The summed E-state index contributed by atoms with van der Waals surface area (Å²) in [5.41, 5.74) is 2.55. The highest BCUT2D eigenvalue weighted by molar-refractivity contribution is 7.09. The van der Waals surface area contributed by atoms with Gasteiger partial charge in [0.15, 0.2) is 0 Å². The van der Waals surface area contributed by atoms with Crippen molar-refractivity contribution in [2.24, 2.45) is 7.05 Å². The van der Waals surface area contributed by atoms with Gasteiger partial charge in [-0.1, -0.05) is 30.3 Å². The largest absolute Gasteiger partial charge is 0.465 e. The first kappa shape index (κ1) is 28.2. The molecule has 2 amide bonds. The molecule has 6 rings (SSSR count). The van der Waals surface area contributed by atoms with Crippen LogP contribution in [0.15, 0.2) is 64.7 Å². The van der Waals surface area contributed by atoms with Crippen molar-refractivity contribution in [2.75, 3.05) is 6.54 Å². The first-order valence-electron chi connectivity index (χ1n) is 13.8. The highest BCUT2D eigenvalue weighted by Crippen LogP contribution is 2.36. The van der Waals surface area contributed by atoms with Crippen molar-refractivity contribution in [3.05, 3.63) is 88.0 Å². The first-order valence-corrected chi connectivity index (χ1v) is 14.7. The molecule has 0 aliphatic carbocycles. The number of thiazole rings is 1. The standard InChI is InChI=1S/C30H30N8O4S/c1-18-17-43-26(32-18)24-10-7-11-38(24)27(39)20-12-22(21-15-31-37(3)16-21)33-23(13-20)25-35-36-28(42-25)30(2,34-29(40)41)14-19-8-5-4-6-9-19/h4-6,8-9,12-13,15-17,24,34H,7,10-11,14H2,1-3H3,(H,40,41)/t24-,30-/m1/s1. The number of carbonyl (C=O) groups is 2. The summed E-state index contributed by atoms with van der Waals surface area (Å²) in [4.78, 5) is 37.0. The molecular weight excluding hydrogens is 568 g/mol. The number of nitrogens with one attached hydrogen (secondary N) is 1. The average Bonchev–Trinajstić information content (AvgIpc) is 3.80. The van der Waals surface area contributed by atoms with Gasteiger partial charge in [0.25, 0.3) is 11.8 Å². The molecule has 0 spiro atoms. The number of likely N-dealkylation sites (tertiary alicyclic amines) is 1. The highest BCUT2D eigenvalue weighted by Gasteiger charge is 2.36. The third-order valence-electron chi connectivity index (χ3n) is 7.41. The van der Waals surface area contributed by atoms with Crippen LogP contribution >= 0.6 is 11.3 Å². The van der Waals surface area contributed by atoms with Crippen LogP contribution in [0.1, 0.15) is 58.3 Å². The molecule has 1 fully saturated rings. The fraction of sp³-hybridized carbons (Fsp3) is 0.300. The molecule has 2 atom stereocenters. The Morgan fingerprint density at radius 2 is 1.95 bits per heavy atom. The molecule has 0 bridgehead atoms. The minimum absolute atomic E-state index is 0.0646. The molecule has 12 nitrogen and oxygen atoms in total. The van der Waals surface area contributed by atoms with Crippen molar-refractivity contribution in [3.8, 4) is 22.8 Å². The fourth-order valence-electron chi connectivity index (χ4n) is 5.39. The minimum atomic E-state index is -1.22. The zero-order valence-corrected chi connectivity index (χ0v) is 24.7. The summed E-state index contributed by atoms with van der Waals surface area (Å²) in [6.07, 6.45) is 4.26. The van der Waals surface area contributed by atoms with Gasteiger partial charge in [0, 0.05) is 48.4 Å². The number of pyridine rings is 1. The molecule has 220 valence electrons. The Labute approximate surface area is 251 Å². The van der Waals surface area contributed by atoms with Gasteiger partial charge in [-0.15, -0.1) is 21.5 Å². The molecule has 2 N–H and O–H groups in total. The Bertz CT molecular complexity index is 1780. The van der Waals surface area contributed by atoms with E-state index in [0.29, 0.717) is 29.1 Å². The summed E-state index contributed by atoms with van der Waals surface area (Å²) in [5, 5.41) is 27.8. The highest BCUT2D eigenvalue weighted by atomic mass is 32.1. The quantitative estimate of drug-likeness (QED) is 0.251. The number of carbonyl (C=O) groups excluding carboxylic acids is 1. The van der Waals surface area contributed by atoms with E-state index in [0.717, 1.165) is 29.1 Å². The van der Waals surface area contributed by atoms with E-state index >= 15 is 0 Å². The maximum Gasteiger partial charge on any atom is 0.405 e. The van der Waals surface area contributed by atoms with Gasteiger partial charge < -0.3 is 19.7 Å². The van der Waals surface area contributed by atoms with Gasteiger partial charge in [-0.25, -0.2) is 14.8 Å². The van der Waals surface area contributed by atoms with Gasteiger partial charge in [-0.2, -0.15) is 5.10 Å². The molecule has 0 radical (unpaired) electrons. The zero-order valence-electron chi connectivity index (χ0n) is 23.9. The van der Waals surface area contributed by atoms with E-state index in [1.807, 2.05) is 53.7 Å². The number of benzene rings is 1. The van der Waals surface area contributed by atoms with Crippen LogP contribution in [-0.2, 0) is 19.0 Å². The van der Waals surface area contributed by atoms with Gasteiger partial charge in [0.05, 0.1) is 17.9 Å². The number of aromatic nitrogens is 6. The lowest BCUT2D eigenvalue weighted by Gasteiger charge is -2.25. The van der Waals surface area contributed by atoms with Gasteiger partial charge in [0.2, 0.25) is 5.89 Å². The molecule has 43 heavy (non-hydrogen) atoms. The molecule has 5 heterocycles. The van der Waals surface area contributed by atoms with Crippen molar-refractivity contribution in [1.82, 2.24) is 40.2 Å². The van der Waals surface area contributed by atoms with Crippen molar-refractivity contribution in [2.45, 2.75) is 44.7 Å². The molecule has 1 aliphatic heterocycles. The number of rotatable bonds is 8. The van der Waals surface area contributed by atoms with Gasteiger partial charge in [-0.3, -0.25) is 9.48 Å². The fourth-order valence-corrected chi connectivity index (χ4v) is 6.33. The SMILES string of the molecule is Cc1csc([C@H]2CCCN2C(=O)c2cc(-c3cnn(C)c3)nc(-c3nnc([C@@](C)(Cc4ccccc4)NC(=O)O)o3)c2)n1. The van der Waals surface area contributed by atoms with Crippen LogP contribution in [0.25, 0.3) is 22.8 Å². The van der Waals surface area contributed by atoms with Crippen LogP contribution in [0, 0.1) is 6.92 Å². The number of carboxylic acid groups (broad SMARTS) is 1. The van der Waals surface area contributed by atoms with Crippen LogP contribution in [0.4, 0.5) is 4.79 Å². The normalized spacial score (nSPS) is 16.3. The number of nitrogens with zero attached hydrogens (tertiary/aromatic N) is 7. The van der Waals surface area contributed by atoms with Gasteiger partial charge in [0.1, 0.15) is 16.2 Å². The van der Waals surface area contributed by atoms with E-state index < -0.39 is 11.6 Å². The molecule has 5 aromatic rings. The second kappa shape index (κ2) is 11.4. The van der Waals surface area contributed by atoms with Crippen LogP contribution in [-0.4, -0.2) is 58.5 Å². The summed E-state index contributed by atoms with van der Waals surface area (Å²) >= 11 is 1.57. The summed E-state index contributed by atoms with van der Waals surface area (Å²) < 4.78 is 7.75. The Balaban J connectivity index is 1.39. The summed E-state index contributed by atoms with van der Waals surface area (Å²) in [5.74, 6) is -0.00548. The maximum absolute atomic E-state index is 14.0. The van der Waals surface area contributed by atoms with E-state index in [4.69, 9.17) is 9.40 Å². The van der Waals surface area contributed by atoms with E-state index in [1.165, 1.54) is 0 Å². The first-order chi connectivity index (χ1) is 20.7. The molecule has 1 aliphatic rings. The van der Waals surface area contributed by atoms with E-state index in [-0.39, 0.29) is 30.2 Å². The van der Waals surface area contributed by atoms with Crippen molar-refractivity contribution in [1.29, 1.82) is 0 Å². The molecule has 1 aromatic carbocycles. The maximum atomic E-state index is 14.0. The van der Waals surface area contributed by atoms with Crippen molar-refractivity contribution >= 4 is 23.3 Å². The molecule has 0 unspecified atom stereocenters. The van der Waals surface area contributed by atoms with Gasteiger partial charge >= 0.3 is 6.09 Å². The Morgan fingerprint density at radius 3 is 2.65 bits per heavy atom. The Morgan fingerprint density at radius 1 is 1.16 bits per heavy atom. The van der Waals surface area contributed by atoms with Crippen molar-refractivity contribution < 1.29 is 19.1 Å². The van der Waals surface area contributed by atoms with E-state index in [1.54, 1.807) is 48.3 Å². The smallest absolute Gasteiger partial charge is 0.405 e. The summed E-state index contributed by atoms with van der Waals surface area (Å²) in [7, 11) is 1.80. The van der Waals surface area contributed by atoms with Crippen molar-refractivity contribution in [3.63, 3.8) is 0 Å². The predicted molar refractivity (Wildman–Crippen MR) is 158 cm³/mol. The molecule has 4 aromatic heterocycles. The van der Waals surface area contributed by atoms with Gasteiger partial charge in [-0.05, 0) is 44.4 Å². The predicted octanol–water partition coefficient (Wildman–Crippen LogP) is 5.00. The third-order valence-corrected chi connectivity index (χ3v) is 8.47.